The molecule has 1 N–H and O–H groups in total. The highest BCUT2D eigenvalue weighted by Crippen LogP contribution is 2.25. The van der Waals surface area contributed by atoms with E-state index in [1.54, 1.807) is 29.2 Å². The van der Waals surface area contributed by atoms with Crippen molar-refractivity contribution in [1.82, 2.24) is 19.9 Å². The number of amides is 1. The zero-order valence-corrected chi connectivity index (χ0v) is 14.8. The molecule has 3 heterocycles. The van der Waals surface area contributed by atoms with E-state index < -0.39 is 11.6 Å². The first-order valence-electron chi connectivity index (χ1n) is 8.77. The normalized spacial score (nSPS) is 16.9. The highest BCUT2D eigenvalue weighted by molar-refractivity contribution is 6.03. The Labute approximate surface area is 154 Å². The summed E-state index contributed by atoms with van der Waals surface area (Å²) < 4.78 is 28.3. The van der Waals surface area contributed by atoms with Crippen molar-refractivity contribution in [3.63, 3.8) is 0 Å². The molecule has 0 bridgehead atoms. The molecule has 1 unspecified atom stereocenters. The lowest BCUT2D eigenvalue weighted by Crippen LogP contribution is -2.31. The number of aromatic nitrogens is 3. The summed E-state index contributed by atoms with van der Waals surface area (Å²) in [6, 6.07) is 5.59. The third-order valence-electron chi connectivity index (χ3n) is 4.95. The molecule has 1 fully saturated rings. The third-order valence-corrected chi connectivity index (χ3v) is 4.95. The van der Waals surface area contributed by atoms with Crippen LogP contribution in [0.15, 0.2) is 36.8 Å². The minimum Gasteiger partial charge on any atom is -0.371 e. The van der Waals surface area contributed by atoms with Gasteiger partial charge in [-0.1, -0.05) is 0 Å². The van der Waals surface area contributed by atoms with E-state index in [-0.39, 0.29) is 11.8 Å². The first-order valence-corrected chi connectivity index (χ1v) is 8.77. The number of aryl methyl sites for hydroxylation is 1. The summed E-state index contributed by atoms with van der Waals surface area (Å²) in [4.78, 5) is 23.1. The maximum absolute atomic E-state index is 13.4. The van der Waals surface area contributed by atoms with Gasteiger partial charge < -0.3 is 14.8 Å². The quantitative estimate of drug-likeness (QED) is 0.766. The van der Waals surface area contributed by atoms with Crippen molar-refractivity contribution in [2.24, 2.45) is 13.0 Å². The van der Waals surface area contributed by atoms with E-state index in [2.05, 4.69) is 15.3 Å². The van der Waals surface area contributed by atoms with Gasteiger partial charge in [0.25, 0.3) is 5.91 Å². The zero-order chi connectivity index (χ0) is 19.0. The lowest BCUT2D eigenvalue weighted by Gasteiger charge is -2.19. The van der Waals surface area contributed by atoms with Crippen molar-refractivity contribution in [2.45, 2.75) is 6.42 Å². The Bertz CT molecular complexity index is 1000. The summed E-state index contributed by atoms with van der Waals surface area (Å²) in [5, 5.41) is 2.96. The number of nitrogens with zero attached hydrogens (tertiary/aromatic N) is 4. The predicted octanol–water partition coefficient (Wildman–Crippen LogP) is 2.50. The van der Waals surface area contributed by atoms with Crippen LogP contribution in [0.4, 0.5) is 14.5 Å². The van der Waals surface area contributed by atoms with Gasteiger partial charge in [-0.15, -0.1) is 0 Å². The summed E-state index contributed by atoms with van der Waals surface area (Å²) >= 11 is 0. The summed E-state index contributed by atoms with van der Waals surface area (Å²) in [6.07, 6.45) is 4.10. The maximum atomic E-state index is 13.4. The van der Waals surface area contributed by atoms with Gasteiger partial charge in [0.15, 0.2) is 17.3 Å². The Morgan fingerprint density at radius 1 is 1.26 bits per heavy atom. The second-order valence-corrected chi connectivity index (χ2v) is 6.80. The maximum Gasteiger partial charge on any atom is 0.253 e. The Morgan fingerprint density at radius 3 is 2.93 bits per heavy atom. The first-order chi connectivity index (χ1) is 13.0. The number of benzene rings is 1. The number of hydrogen-bond acceptors (Lipinski definition) is 4. The lowest BCUT2D eigenvalue weighted by atomic mass is 10.1. The van der Waals surface area contributed by atoms with Crippen molar-refractivity contribution in [2.75, 3.05) is 24.5 Å². The molecule has 140 valence electrons. The molecule has 6 nitrogen and oxygen atoms in total. The van der Waals surface area contributed by atoms with E-state index in [1.807, 2.05) is 11.9 Å². The van der Waals surface area contributed by atoms with Gasteiger partial charge in [-0.25, -0.2) is 18.7 Å². The van der Waals surface area contributed by atoms with E-state index >= 15 is 0 Å². The van der Waals surface area contributed by atoms with Crippen LogP contribution in [0.5, 0.6) is 0 Å². The molecule has 1 aromatic carbocycles. The number of carbonyl (C=O) groups is 1. The van der Waals surface area contributed by atoms with Crippen LogP contribution < -0.4 is 10.2 Å². The van der Waals surface area contributed by atoms with Gasteiger partial charge in [0, 0.05) is 44.6 Å². The van der Waals surface area contributed by atoms with Gasteiger partial charge in [-0.05, 0) is 30.5 Å². The number of rotatable bonds is 4. The lowest BCUT2D eigenvalue weighted by molar-refractivity contribution is 0.0949. The van der Waals surface area contributed by atoms with Gasteiger partial charge in [0.2, 0.25) is 0 Å². The Balaban J connectivity index is 1.39. The van der Waals surface area contributed by atoms with Crippen molar-refractivity contribution in [3.05, 3.63) is 54.0 Å². The van der Waals surface area contributed by atoms with Gasteiger partial charge in [-0.2, -0.15) is 0 Å². The SMILES string of the molecule is Cn1cnc2c(C(=O)NCC3CCN(c4ccc(F)c(F)c4)C3)ccnc21. The van der Waals surface area contributed by atoms with Crippen LogP contribution >= 0.6 is 0 Å². The Kier molecular flexibility index (Phi) is 4.47. The number of halogens is 2. The molecule has 1 atom stereocenters. The standard InChI is InChI=1S/C19H19F2N5O/c1-25-11-24-17-14(4-6-22-18(17)25)19(27)23-9-12-5-7-26(10-12)13-2-3-15(20)16(21)8-13/h2-4,6,8,11-12H,5,7,9-10H2,1H3,(H,23,27). The fraction of sp³-hybridized carbons (Fsp3) is 0.316. The minimum absolute atomic E-state index is 0.188. The molecule has 1 aliphatic heterocycles. The first kappa shape index (κ1) is 17.4. The molecule has 2 aromatic heterocycles. The molecular weight excluding hydrogens is 352 g/mol. The molecule has 0 aliphatic carbocycles. The molecule has 1 aliphatic rings. The van der Waals surface area contributed by atoms with E-state index in [9.17, 15) is 13.6 Å². The summed E-state index contributed by atoms with van der Waals surface area (Å²) in [5.41, 5.74) is 2.39. The van der Waals surface area contributed by atoms with Crippen molar-refractivity contribution < 1.29 is 13.6 Å². The number of anilines is 1. The van der Waals surface area contributed by atoms with Gasteiger partial charge in [0.1, 0.15) is 5.52 Å². The summed E-state index contributed by atoms with van der Waals surface area (Å²) in [7, 11) is 1.83. The molecule has 0 saturated carbocycles. The molecule has 1 saturated heterocycles. The Hall–Kier alpha value is -3.03. The second-order valence-electron chi connectivity index (χ2n) is 6.80. The minimum atomic E-state index is -0.847. The molecule has 0 spiro atoms. The smallest absolute Gasteiger partial charge is 0.253 e. The van der Waals surface area contributed by atoms with E-state index in [0.717, 1.165) is 19.0 Å². The number of hydrogen-bond donors (Lipinski definition) is 1. The molecule has 4 rings (SSSR count). The highest BCUT2D eigenvalue weighted by Gasteiger charge is 2.24. The van der Waals surface area contributed by atoms with Crippen LogP contribution in [-0.4, -0.2) is 40.1 Å². The molecule has 8 heteroatoms. The fourth-order valence-electron chi connectivity index (χ4n) is 3.46. The number of carbonyl (C=O) groups excluding carboxylic acids is 1. The second kappa shape index (κ2) is 6.94. The summed E-state index contributed by atoms with van der Waals surface area (Å²) in [5.74, 6) is -1.64. The number of nitrogens with one attached hydrogen (secondary N) is 1. The third kappa shape index (κ3) is 3.34. The van der Waals surface area contributed by atoms with Crippen LogP contribution in [0.1, 0.15) is 16.8 Å². The van der Waals surface area contributed by atoms with Crippen LogP contribution in [0.2, 0.25) is 0 Å². The monoisotopic (exact) mass is 371 g/mol. The Morgan fingerprint density at radius 2 is 2.11 bits per heavy atom. The molecule has 3 aromatic rings. The van der Waals surface area contributed by atoms with Crippen molar-refractivity contribution in [1.29, 1.82) is 0 Å². The fourth-order valence-corrected chi connectivity index (χ4v) is 3.46. The van der Waals surface area contributed by atoms with E-state index in [0.29, 0.717) is 35.5 Å². The highest BCUT2D eigenvalue weighted by atomic mass is 19.2. The topological polar surface area (TPSA) is 63.1 Å². The van der Waals surface area contributed by atoms with Crippen LogP contribution in [0, 0.1) is 17.6 Å². The van der Waals surface area contributed by atoms with Crippen LogP contribution in [0.3, 0.4) is 0 Å². The number of fused-ring (bicyclic) bond motifs is 1. The van der Waals surface area contributed by atoms with Gasteiger partial charge >= 0.3 is 0 Å². The zero-order valence-electron chi connectivity index (χ0n) is 14.8. The van der Waals surface area contributed by atoms with Crippen LogP contribution in [0.25, 0.3) is 11.2 Å². The van der Waals surface area contributed by atoms with Crippen molar-refractivity contribution in [3.8, 4) is 0 Å². The number of pyridine rings is 1. The average Bonchev–Trinajstić information content (AvgIpc) is 3.29. The van der Waals surface area contributed by atoms with Gasteiger partial charge in [-0.3, -0.25) is 4.79 Å². The largest absolute Gasteiger partial charge is 0.371 e. The van der Waals surface area contributed by atoms with Crippen molar-refractivity contribution >= 4 is 22.8 Å². The molecule has 1 amide bonds. The molecule has 27 heavy (non-hydrogen) atoms. The predicted molar refractivity (Wildman–Crippen MR) is 97.5 cm³/mol. The molecule has 0 radical (unpaired) electrons. The van der Waals surface area contributed by atoms with E-state index in [1.165, 1.54) is 6.07 Å². The average molecular weight is 371 g/mol. The van der Waals surface area contributed by atoms with Gasteiger partial charge in [0.05, 0.1) is 11.9 Å². The number of imidazole rings is 1. The molecular formula is C19H19F2N5O. The summed E-state index contributed by atoms with van der Waals surface area (Å²) in [6.45, 7) is 1.93. The van der Waals surface area contributed by atoms with E-state index in [4.69, 9.17) is 0 Å². The van der Waals surface area contributed by atoms with Crippen LogP contribution in [-0.2, 0) is 7.05 Å².